The predicted octanol–water partition coefficient (Wildman–Crippen LogP) is 1.94. The van der Waals surface area contributed by atoms with Crippen LogP contribution in [-0.2, 0) is 0 Å². The Morgan fingerprint density at radius 1 is 1.17 bits per heavy atom. The third kappa shape index (κ3) is 3.52. The van der Waals surface area contributed by atoms with E-state index in [2.05, 4.69) is 4.98 Å². The number of ketones is 1. The number of aryl methyl sites for hydroxylation is 1. The summed E-state index contributed by atoms with van der Waals surface area (Å²) in [4.78, 5) is 27.1. The van der Waals surface area contributed by atoms with Crippen LogP contribution in [0.15, 0.2) is 53.3 Å². The Morgan fingerprint density at radius 2 is 1.96 bits per heavy atom. The third-order valence-corrected chi connectivity index (χ3v) is 4.48. The smallest absolute Gasteiger partial charge is 0.266 e. The van der Waals surface area contributed by atoms with Crippen LogP contribution in [0.25, 0.3) is 12.2 Å². The first-order valence-electron chi connectivity index (χ1n) is 7.34. The molecule has 0 aliphatic rings. The summed E-state index contributed by atoms with van der Waals surface area (Å²) in [5.41, 5.74) is 1.97. The molecule has 0 aliphatic carbocycles. The summed E-state index contributed by atoms with van der Waals surface area (Å²) < 4.78 is 0.976. The molecule has 1 heterocycles. The zero-order chi connectivity index (χ0) is 17.1. The van der Waals surface area contributed by atoms with Crippen molar-refractivity contribution in [3.8, 4) is 5.75 Å². The molecule has 0 atom stereocenters. The number of Topliss-reactive ketones (excluding diaryl/α,β-unsaturated/α-hetero) is 1. The van der Waals surface area contributed by atoms with Crippen LogP contribution >= 0.6 is 11.3 Å². The minimum absolute atomic E-state index is 0.137. The Balaban J connectivity index is 2.02. The van der Waals surface area contributed by atoms with Crippen molar-refractivity contribution in [2.45, 2.75) is 6.92 Å². The van der Waals surface area contributed by atoms with Crippen molar-refractivity contribution >= 4 is 29.3 Å². The molecule has 1 aromatic heterocycles. The largest absolute Gasteiger partial charge is 0.508 e. The highest BCUT2D eigenvalue weighted by Gasteiger charge is 2.05. The molecule has 0 spiro atoms. The zero-order valence-electron chi connectivity index (χ0n) is 12.9. The Morgan fingerprint density at radius 3 is 2.71 bits per heavy atom. The summed E-state index contributed by atoms with van der Waals surface area (Å²) >= 11 is 1.21. The number of aromatic nitrogens is 1. The molecule has 4 nitrogen and oxygen atoms in total. The van der Waals surface area contributed by atoms with Gasteiger partial charge in [-0.05, 0) is 36.3 Å². The number of carbonyl (C=O) groups excluding carboxylic acids is 1. The van der Waals surface area contributed by atoms with Crippen LogP contribution < -0.4 is 14.8 Å². The molecule has 0 amide bonds. The number of hydrogen-bond donors (Lipinski definition) is 2. The van der Waals surface area contributed by atoms with E-state index in [1.165, 1.54) is 17.4 Å². The van der Waals surface area contributed by atoms with E-state index in [1.54, 1.807) is 36.4 Å². The number of rotatable bonds is 3. The van der Waals surface area contributed by atoms with Crippen LogP contribution in [0.3, 0.4) is 0 Å². The summed E-state index contributed by atoms with van der Waals surface area (Å²) in [6.45, 7) is 1.87. The normalized spacial score (nSPS) is 12.5. The van der Waals surface area contributed by atoms with E-state index in [1.807, 2.05) is 25.1 Å². The molecule has 3 aromatic rings. The number of aromatic amines is 1. The van der Waals surface area contributed by atoms with Gasteiger partial charge in [0.1, 0.15) is 5.75 Å². The van der Waals surface area contributed by atoms with E-state index in [9.17, 15) is 14.7 Å². The predicted molar refractivity (Wildman–Crippen MR) is 95.8 cm³/mol. The number of hydrogen-bond acceptors (Lipinski definition) is 4. The molecule has 0 aliphatic heterocycles. The molecule has 120 valence electrons. The maximum absolute atomic E-state index is 12.3. The first kappa shape index (κ1) is 16.0. The molecule has 24 heavy (non-hydrogen) atoms. The van der Waals surface area contributed by atoms with Crippen LogP contribution in [0.2, 0.25) is 0 Å². The number of phenolic OH excluding ortho intramolecular Hbond substituents is 1. The third-order valence-electron chi connectivity index (χ3n) is 3.52. The van der Waals surface area contributed by atoms with Gasteiger partial charge in [-0.3, -0.25) is 9.59 Å². The van der Waals surface area contributed by atoms with E-state index in [-0.39, 0.29) is 17.1 Å². The van der Waals surface area contributed by atoms with Crippen molar-refractivity contribution in [2.75, 3.05) is 0 Å². The second kappa shape index (κ2) is 6.68. The van der Waals surface area contributed by atoms with Crippen LogP contribution in [-0.4, -0.2) is 15.9 Å². The Kier molecular flexibility index (Phi) is 4.44. The average Bonchev–Trinajstić information content (AvgIpc) is 2.87. The SMILES string of the molecule is Cc1ccccc1C(=O)/C=c1\[nH]c(=O)/c(=C\c2cccc(O)c2)s1. The monoisotopic (exact) mass is 337 g/mol. The fourth-order valence-electron chi connectivity index (χ4n) is 2.34. The number of benzene rings is 2. The van der Waals surface area contributed by atoms with Crippen molar-refractivity contribution < 1.29 is 9.90 Å². The van der Waals surface area contributed by atoms with E-state index in [0.717, 1.165) is 11.1 Å². The first-order chi connectivity index (χ1) is 11.5. The molecule has 0 saturated heterocycles. The van der Waals surface area contributed by atoms with Crippen LogP contribution in [0.1, 0.15) is 21.5 Å². The zero-order valence-corrected chi connectivity index (χ0v) is 13.8. The second-order valence-electron chi connectivity index (χ2n) is 5.35. The Hall–Kier alpha value is -2.92. The highest BCUT2D eigenvalue weighted by molar-refractivity contribution is 7.07. The molecule has 0 bridgehead atoms. The summed E-state index contributed by atoms with van der Waals surface area (Å²) in [7, 11) is 0. The summed E-state index contributed by atoms with van der Waals surface area (Å²) in [5, 5.41) is 9.48. The number of aromatic hydroxyl groups is 1. The molecule has 3 rings (SSSR count). The van der Waals surface area contributed by atoms with E-state index < -0.39 is 0 Å². The van der Waals surface area contributed by atoms with Gasteiger partial charge in [0.05, 0.1) is 9.20 Å². The minimum atomic E-state index is -0.257. The lowest BCUT2D eigenvalue weighted by Gasteiger charge is -1.99. The first-order valence-corrected chi connectivity index (χ1v) is 8.16. The van der Waals surface area contributed by atoms with Gasteiger partial charge in [0.2, 0.25) is 0 Å². The van der Waals surface area contributed by atoms with Crippen LogP contribution in [0, 0.1) is 6.92 Å². The summed E-state index contributed by atoms with van der Waals surface area (Å²) in [6, 6.07) is 14.0. The molecule has 0 unspecified atom stereocenters. The Bertz CT molecular complexity index is 1080. The van der Waals surface area contributed by atoms with E-state index >= 15 is 0 Å². The quantitative estimate of drug-likeness (QED) is 0.718. The van der Waals surface area contributed by atoms with Gasteiger partial charge in [0.25, 0.3) is 5.56 Å². The standard InChI is InChI=1S/C19H15NO3S/c1-12-5-2-3-8-15(12)16(22)11-18-20-19(23)17(24-18)10-13-6-4-7-14(21)9-13/h2-11,21H,1H3,(H,20,23)/b17-10+,18-11+. The number of nitrogens with one attached hydrogen (secondary N) is 1. The fraction of sp³-hybridized carbons (Fsp3) is 0.0526. The Labute approximate surface area is 142 Å². The van der Waals surface area contributed by atoms with Crippen LogP contribution in [0.4, 0.5) is 0 Å². The average molecular weight is 337 g/mol. The van der Waals surface area contributed by atoms with E-state index in [4.69, 9.17) is 0 Å². The lowest BCUT2D eigenvalue weighted by atomic mass is 10.1. The fourth-order valence-corrected chi connectivity index (χ4v) is 3.22. The van der Waals surface area contributed by atoms with Gasteiger partial charge in [-0.1, -0.05) is 36.4 Å². The molecule has 2 N–H and O–H groups in total. The second-order valence-corrected chi connectivity index (χ2v) is 6.43. The van der Waals surface area contributed by atoms with Gasteiger partial charge in [0.15, 0.2) is 5.78 Å². The molecular formula is C19H15NO3S. The number of phenols is 1. The van der Waals surface area contributed by atoms with Gasteiger partial charge in [0, 0.05) is 11.6 Å². The maximum atomic E-state index is 12.3. The number of H-pyrrole nitrogens is 1. The van der Waals surface area contributed by atoms with Crippen molar-refractivity contribution in [1.29, 1.82) is 0 Å². The van der Waals surface area contributed by atoms with Gasteiger partial charge in [-0.2, -0.15) is 0 Å². The maximum Gasteiger partial charge on any atom is 0.266 e. The lowest BCUT2D eigenvalue weighted by molar-refractivity contribution is 0.106. The number of thiazole rings is 1. The van der Waals surface area contributed by atoms with Crippen molar-refractivity contribution in [3.63, 3.8) is 0 Å². The highest BCUT2D eigenvalue weighted by Crippen LogP contribution is 2.11. The van der Waals surface area contributed by atoms with Gasteiger partial charge in [-0.25, -0.2) is 0 Å². The van der Waals surface area contributed by atoms with Crippen molar-refractivity contribution in [3.05, 3.63) is 84.8 Å². The van der Waals surface area contributed by atoms with Crippen LogP contribution in [0.5, 0.6) is 5.75 Å². The molecular weight excluding hydrogens is 322 g/mol. The van der Waals surface area contributed by atoms with Gasteiger partial charge >= 0.3 is 0 Å². The molecule has 0 radical (unpaired) electrons. The van der Waals surface area contributed by atoms with Crippen molar-refractivity contribution in [1.82, 2.24) is 4.98 Å². The van der Waals surface area contributed by atoms with Crippen molar-refractivity contribution in [2.24, 2.45) is 0 Å². The lowest BCUT2D eigenvalue weighted by Crippen LogP contribution is -2.20. The topological polar surface area (TPSA) is 70.2 Å². The molecule has 0 fully saturated rings. The number of carbonyl (C=O) groups is 1. The summed E-state index contributed by atoms with van der Waals surface area (Å²) in [6.07, 6.45) is 3.12. The summed E-state index contributed by atoms with van der Waals surface area (Å²) in [5.74, 6) is -0.00671. The molecule has 5 heteroatoms. The molecule has 0 saturated carbocycles. The molecule has 2 aromatic carbocycles. The van der Waals surface area contributed by atoms with E-state index in [0.29, 0.717) is 14.8 Å². The minimum Gasteiger partial charge on any atom is -0.508 e. The highest BCUT2D eigenvalue weighted by atomic mass is 32.1. The van der Waals surface area contributed by atoms with Gasteiger partial charge in [-0.15, -0.1) is 11.3 Å². The van der Waals surface area contributed by atoms with Gasteiger partial charge < -0.3 is 10.1 Å².